The van der Waals surface area contributed by atoms with Gasteiger partial charge in [0, 0.05) is 75.6 Å². The average molecular weight is 652 g/mol. The number of imidazole rings is 1. The van der Waals surface area contributed by atoms with Crippen molar-refractivity contribution in [2.75, 3.05) is 50.7 Å². The van der Waals surface area contributed by atoms with Crippen LogP contribution in [0.25, 0.3) is 11.2 Å². The average Bonchev–Trinajstić information content (AvgIpc) is 3.51. The Morgan fingerprint density at radius 1 is 1.04 bits per heavy atom. The number of aromatic amines is 1. The molecule has 3 aliphatic heterocycles. The number of likely N-dealkylation sites (tertiary alicyclic amines) is 1. The number of carbonyl (C=O) groups excluding carboxylic acids is 2. The van der Waals surface area contributed by atoms with E-state index in [4.69, 9.17) is 0 Å². The standard InChI is InChI=1S/C34H46FN7O3S/c1-22(2)21-41-31(44)27(20-28(43)38-14-11-23(12-15-38)42-26-10-7-13-36-30(26)37-33(42)45)46-32(41)24-8-6-9-25(35)29(24)39-16-18-40(19-17-39)34(3,4)5/h6-10,13,22-23,27,32H,11-12,14-21H2,1-5H3,(H,36,37,45)/t27-,32-/m0/s1. The van der Waals surface area contributed by atoms with Crippen molar-refractivity contribution in [3.05, 3.63) is 58.4 Å². The number of hydrogen-bond acceptors (Lipinski definition) is 7. The summed E-state index contributed by atoms with van der Waals surface area (Å²) >= 11 is 1.48. The number of rotatable bonds is 7. The molecule has 0 aliphatic carbocycles. The third kappa shape index (κ3) is 6.43. The van der Waals surface area contributed by atoms with Gasteiger partial charge in [-0.1, -0.05) is 26.0 Å². The molecule has 6 rings (SSSR count). The van der Waals surface area contributed by atoms with Crippen LogP contribution in [0.4, 0.5) is 10.1 Å². The zero-order valence-corrected chi connectivity index (χ0v) is 28.4. The van der Waals surface area contributed by atoms with Gasteiger partial charge >= 0.3 is 5.69 Å². The molecule has 2 aromatic heterocycles. The number of carbonyl (C=O) groups is 2. The van der Waals surface area contributed by atoms with Crippen LogP contribution in [0.2, 0.25) is 0 Å². The fourth-order valence-corrected chi connectivity index (χ4v) is 8.67. The van der Waals surface area contributed by atoms with Crippen LogP contribution < -0.4 is 10.6 Å². The number of nitrogens with zero attached hydrogens (tertiary/aromatic N) is 6. The highest BCUT2D eigenvalue weighted by molar-refractivity contribution is 8.01. The minimum atomic E-state index is -0.537. The topological polar surface area (TPSA) is 97.8 Å². The molecule has 0 spiro atoms. The normalized spacial score (nSPS) is 22.1. The minimum Gasteiger partial charge on any atom is -0.366 e. The van der Waals surface area contributed by atoms with Gasteiger partial charge in [0.15, 0.2) is 5.65 Å². The fraction of sp³-hybridized carbons (Fsp3) is 0.588. The number of para-hydroxylation sites is 1. The second-order valence-electron chi connectivity index (χ2n) is 14.2. The third-order valence-electron chi connectivity index (χ3n) is 9.56. The number of H-pyrrole nitrogens is 1. The Bertz CT molecular complexity index is 1630. The van der Waals surface area contributed by atoms with Crippen molar-refractivity contribution in [1.29, 1.82) is 0 Å². The van der Waals surface area contributed by atoms with E-state index < -0.39 is 5.25 Å². The van der Waals surface area contributed by atoms with Crippen molar-refractivity contribution in [3.63, 3.8) is 0 Å². The third-order valence-corrected chi connectivity index (χ3v) is 11.0. The van der Waals surface area contributed by atoms with E-state index in [9.17, 15) is 14.4 Å². The summed E-state index contributed by atoms with van der Waals surface area (Å²) in [6.45, 7) is 15.4. The predicted octanol–water partition coefficient (Wildman–Crippen LogP) is 4.64. The zero-order chi connectivity index (χ0) is 32.7. The second kappa shape index (κ2) is 13.0. The highest BCUT2D eigenvalue weighted by Crippen LogP contribution is 2.48. The van der Waals surface area contributed by atoms with Gasteiger partial charge in [-0.15, -0.1) is 11.8 Å². The van der Waals surface area contributed by atoms with Gasteiger partial charge in [0.2, 0.25) is 11.8 Å². The van der Waals surface area contributed by atoms with Crippen LogP contribution in [0, 0.1) is 11.7 Å². The molecular formula is C34H46FN7O3S. The molecule has 2 amide bonds. The summed E-state index contributed by atoms with van der Waals surface area (Å²) in [7, 11) is 0. The summed E-state index contributed by atoms with van der Waals surface area (Å²) in [5.41, 5.74) is 2.58. The van der Waals surface area contributed by atoms with E-state index in [2.05, 4.69) is 54.4 Å². The molecule has 10 nitrogen and oxygen atoms in total. The number of hydrogen-bond donors (Lipinski definition) is 1. The number of amides is 2. The van der Waals surface area contributed by atoms with E-state index in [-0.39, 0.29) is 52.6 Å². The summed E-state index contributed by atoms with van der Waals surface area (Å²) in [6, 6.07) is 8.86. The maximum Gasteiger partial charge on any atom is 0.327 e. The van der Waals surface area contributed by atoms with Crippen molar-refractivity contribution < 1.29 is 14.0 Å². The van der Waals surface area contributed by atoms with Gasteiger partial charge in [0.25, 0.3) is 0 Å². The number of benzene rings is 1. The summed E-state index contributed by atoms with van der Waals surface area (Å²) < 4.78 is 17.4. The molecule has 0 saturated carbocycles. The van der Waals surface area contributed by atoms with Crippen LogP contribution in [-0.2, 0) is 9.59 Å². The first-order valence-corrected chi connectivity index (χ1v) is 17.4. The number of anilines is 1. The molecule has 3 fully saturated rings. The summed E-state index contributed by atoms with van der Waals surface area (Å²) in [5.74, 6) is -0.166. The number of nitrogens with one attached hydrogen (secondary N) is 1. The Hall–Kier alpha value is -3.38. The van der Waals surface area contributed by atoms with Crippen LogP contribution in [0.15, 0.2) is 41.3 Å². The van der Waals surface area contributed by atoms with Crippen molar-refractivity contribution in [3.8, 4) is 0 Å². The first-order valence-electron chi connectivity index (χ1n) is 16.5. The molecule has 2 atom stereocenters. The fourth-order valence-electron chi connectivity index (χ4n) is 7.19. The monoisotopic (exact) mass is 651 g/mol. The van der Waals surface area contributed by atoms with E-state index in [1.807, 2.05) is 28.0 Å². The molecule has 0 radical (unpaired) electrons. The van der Waals surface area contributed by atoms with Crippen molar-refractivity contribution >= 4 is 40.4 Å². The Morgan fingerprint density at radius 2 is 1.76 bits per heavy atom. The Labute approximate surface area is 274 Å². The molecular weight excluding hydrogens is 605 g/mol. The zero-order valence-electron chi connectivity index (χ0n) is 27.5. The van der Waals surface area contributed by atoms with Crippen LogP contribution in [0.3, 0.4) is 0 Å². The van der Waals surface area contributed by atoms with E-state index in [1.54, 1.807) is 16.8 Å². The molecule has 0 bridgehead atoms. The van der Waals surface area contributed by atoms with Crippen LogP contribution in [0.1, 0.15) is 70.9 Å². The number of aromatic nitrogens is 3. The summed E-state index contributed by atoms with van der Waals surface area (Å²) in [4.78, 5) is 55.5. The lowest BCUT2D eigenvalue weighted by atomic mass is 10.0. The van der Waals surface area contributed by atoms with Crippen LogP contribution in [0.5, 0.6) is 0 Å². The van der Waals surface area contributed by atoms with E-state index in [0.29, 0.717) is 56.9 Å². The van der Waals surface area contributed by atoms with E-state index >= 15 is 4.39 Å². The molecule has 1 aromatic carbocycles. The number of piperazine rings is 1. The van der Waals surface area contributed by atoms with Crippen LogP contribution >= 0.6 is 11.8 Å². The number of piperidine rings is 1. The molecule has 248 valence electrons. The maximum absolute atomic E-state index is 15.6. The van der Waals surface area contributed by atoms with Gasteiger partial charge in [-0.2, -0.15) is 0 Å². The van der Waals surface area contributed by atoms with Gasteiger partial charge < -0.3 is 14.7 Å². The number of pyridine rings is 1. The van der Waals surface area contributed by atoms with Crippen molar-refractivity contribution in [2.24, 2.45) is 5.92 Å². The van der Waals surface area contributed by atoms with E-state index in [0.717, 1.165) is 24.2 Å². The number of halogens is 1. The first kappa shape index (κ1) is 32.6. The van der Waals surface area contributed by atoms with E-state index in [1.165, 1.54) is 17.8 Å². The van der Waals surface area contributed by atoms with Gasteiger partial charge in [0.1, 0.15) is 11.2 Å². The lowest BCUT2D eigenvalue weighted by Gasteiger charge is -2.43. The molecule has 0 unspecified atom stereocenters. The van der Waals surface area contributed by atoms with Crippen LogP contribution in [-0.4, -0.2) is 97.7 Å². The maximum atomic E-state index is 15.6. The molecule has 3 saturated heterocycles. The summed E-state index contributed by atoms with van der Waals surface area (Å²) in [5, 5.41) is -0.905. The minimum absolute atomic E-state index is 0.0282. The molecule has 5 heterocycles. The largest absolute Gasteiger partial charge is 0.366 e. The lowest BCUT2D eigenvalue weighted by molar-refractivity contribution is -0.137. The number of thioether (sulfide) groups is 1. The van der Waals surface area contributed by atoms with Gasteiger partial charge in [0.05, 0.1) is 16.5 Å². The molecule has 12 heteroatoms. The summed E-state index contributed by atoms with van der Waals surface area (Å²) in [6.07, 6.45) is 3.06. The Kier molecular flexibility index (Phi) is 9.22. The first-order chi connectivity index (χ1) is 21.9. The van der Waals surface area contributed by atoms with Gasteiger partial charge in [-0.3, -0.25) is 24.0 Å². The lowest BCUT2D eigenvalue weighted by Crippen LogP contribution is -2.53. The van der Waals surface area contributed by atoms with Gasteiger partial charge in [-0.05, 0) is 57.7 Å². The Morgan fingerprint density at radius 3 is 2.43 bits per heavy atom. The van der Waals surface area contributed by atoms with Crippen molar-refractivity contribution in [1.82, 2.24) is 29.2 Å². The molecule has 46 heavy (non-hydrogen) atoms. The molecule has 3 aliphatic rings. The number of fused-ring (bicyclic) bond motifs is 1. The SMILES string of the molecule is CC(C)CN1C(=O)[C@H](CC(=O)N2CCC(n3c(=O)[nH]c4ncccc43)CC2)S[C@H]1c1cccc(F)c1N1CCN(C(C)(C)C)CC1. The quantitative estimate of drug-likeness (QED) is 0.398. The molecule has 1 N–H and O–H groups in total. The Balaban J connectivity index is 1.16. The second-order valence-corrected chi connectivity index (χ2v) is 15.5. The molecule has 3 aromatic rings. The van der Waals surface area contributed by atoms with Gasteiger partial charge in [-0.25, -0.2) is 14.2 Å². The van der Waals surface area contributed by atoms with Crippen molar-refractivity contribution in [2.45, 2.75) is 76.1 Å². The highest BCUT2D eigenvalue weighted by Gasteiger charge is 2.44. The highest BCUT2D eigenvalue weighted by atomic mass is 32.2. The smallest absolute Gasteiger partial charge is 0.327 e. The predicted molar refractivity (Wildman–Crippen MR) is 180 cm³/mol.